The first-order valence-corrected chi connectivity index (χ1v) is 13.6. The smallest absolute Gasteiger partial charge is 0.461 e. The number of aliphatic hydroxyl groups is 1. The Hall–Kier alpha value is -0.880. The summed E-state index contributed by atoms with van der Waals surface area (Å²) in [7, 11) is -3.67. The van der Waals surface area contributed by atoms with Gasteiger partial charge in [-0.15, -0.1) is 0 Å². The fourth-order valence-corrected chi connectivity index (χ4v) is 5.36. The maximum Gasteiger partial charge on any atom is 0.529 e. The van der Waals surface area contributed by atoms with Crippen molar-refractivity contribution in [2.24, 2.45) is 5.92 Å². The molecule has 7 nitrogen and oxygen atoms in total. The minimum Gasteiger partial charge on any atom is -0.461 e. The average molecular weight is 461 g/mol. The van der Waals surface area contributed by atoms with Crippen LogP contribution >= 0.6 is 7.82 Å². The quantitative estimate of drug-likeness (QED) is 0.170. The van der Waals surface area contributed by atoms with Crippen LogP contribution in [0.2, 0.25) is 0 Å². The normalized spacial score (nSPS) is 24.5. The van der Waals surface area contributed by atoms with Crippen molar-refractivity contribution >= 4 is 13.8 Å². The molecular weight excluding hydrogens is 419 g/mol. The van der Waals surface area contributed by atoms with Crippen molar-refractivity contribution < 1.29 is 32.8 Å². The molecule has 31 heavy (non-hydrogen) atoms. The molecule has 1 saturated heterocycles. The van der Waals surface area contributed by atoms with Crippen LogP contribution in [0.5, 0.6) is 0 Å². The van der Waals surface area contributed by atoms with Crippen LogP contribution in [0.4, 0.5) is 0 Å². The third-order valence-corrected chi connectivity index (χ3v) is 7.39. The van der Waals surface area contributed by atoms with Gasteiger partial charge < -0.3 is 14.4 Å². The van der Waals surface area contributed by atoms with Gasteiger partial charge in [-0.25, -0.2) is 9.36 Å². The molecule has 3 atom stereocenters. The number of fused-ring (bicyclic) bond motifs is 1. The van der Waals surface area contributed by atoms with Crippen LogP contribution in [0.15, 0.2) is 11.3 Å². The number of phosphoric ester groups is 1. The molecule has 0 aromatic rings. The van der Waals surface area contributed by atoms with Crippen LogP contribution in [-0.2, 0) is 27.7 Å². The van der Waals surface area contributed by atoms with E-state index in [4.69, 9.17) is 18.3 Å². The second-order valence-corrected chi connectivity index (χ2v) is 10.3. The van der Waals surface area contributed by atoms with Crippen molar-refractivity contribution in [2.75, 3.05) is 19.8 Å². The Labute approximate surface area is 187 Å². The van der Waals surface area contributed by atoms with Crippen molar-refractivity contribution in [1.29, 1.82) is 0 Å². The molecule has 2 aliphatic rings. The third-order valence-electron chi connectivity index (χ3n) is 5.93. The number of hydrogen-bond donors (Lipinski definition) is 1. The molecule has 0 radical (unpaired) electrons. The largest absolute Gasteiger partial charge is 0.529 e. The van der Waals surface area contributed by atoms with Crippen LogP contribution < -0.4 is 0 Å². The summed E-state index contributed by atoms with van der Waals surface area (Å²) in [6, 6.07) is 0. The van der Waals surface area contributed by atoms with E-state index in [1.165, 1.54) is 32.1 Å². The first kappa shape index (κ1) is 26.4. The topological polar surface area (TPSA) is 91.3 Å². The molecule has 1 N–H and O–H groups in total. The predicted molar refractivity (Wildman–Crippen MR) is 119 cm³/mol. The Bertz CT molecular complexity index is 619. The SMILES string of the molecule is CCCC[C@@H](O)CCCCCCCCCCCO[P@]1(=O)OC[C@H]2COC(=O)C2=C(C)O1. The molecule has 0 saturated carbocycles. The van der Waals surface area contributed by atoms with Gasteiger partial charge in [0.2, 0.25) is 0 Å². The van der Waals surface area contributed by atoms with Crippen molar-refractivity contribution in [3.05, 3.63) is 11.3 Å². The highest BCUT2D eigenvalue weighted by molar-refractivity contribution is 7.48. The number of esters is 1. The van der Waals surface area contributed by atoms with Crippen LogP contribution in [-0.4, -0.2) is 37.0 Å². The molecule has 0 aromatic carbocycles. The van der Waals surface area contributed by atoms with E-state index in [1.807, 2.05) is 0 Å². The van der Waals surface area contributed by atoms with E-state index < -0.39 is 13.8 Å². The Morgan fingerprint density at radius 2 is 1.61 bits per heavy atom. The van der Waals surface area contributed by atoms with E-state index >= 15 is 0 Å². The Morgan fingerprint density at radius 1 is 1.00 bits per heavy atom. The Kier molecular flexibility index (Phi) is 12.2. The highest BCUT2D eigenvalue weighted by Crippen LogP contribution is 2.54. The summed E-state index contributed by atoms with van der Waals surface area (Å²) in [6.07, 6.45) is 14.2. The molecule has 0 spiro atoms. The van der Waals surface area contributed by atoms with Gasteiger partial charge in [0, 0.05) is 0 Å². The lowest BCUT2D eigenvalue weighted by Crippen LogP contribution is -2.10. The number of unbranched alkanes of at least 4 members (excludes halogenated alkanes) is 9. The van der Waals surface area contributed by atoms with E-state index in [9.17, 15) is 14.5 Å². The van der Waals surface area contributed by atoms with Gasteiger partial charge in [-0.05, 0) is 26.2 Å². The molecule has 8 heteroatoms. The summed E-state index contributed by atoms with van der Waals surface area (Å²) in [4.78, 5) is 11.7. The summed E-state index contributed by atoms with van der Waals surface area (Å²) >= 11 is 0. The van der Waals surface area contributed by atoms with Gasteiger partial charge in [0.05, 0.1) is 30.8 Å². The molecule has 1 fully saturated rings. The van der Waals surface area contributed by atoms with E-state index in [0.29, 0.717) is 12.2 Å². The first-order valence-electron chi connectivity index (χ1n) is 12.1. The fourth-order valence-electron chi connectivity index (χ4n) is 4.03. The number of phosphoric acid groups is 1. The zero-order valence-corrected chi connectivity index (χ0v) is 20.2. The molecule has 2 aliphatic heterocycles. The summed E-state index contributed by atoms with van der Waals surface area (Å²) in [5, 5.41) is 9.83. The molecule has 0 aromatic heterocycles. The molecule has 0 bridgehead atoms. The van der Waals surface area contributed by atoms with E-state index in [-0.39, 0.29) is 31.0 Å². The highest BCUT2D eigenvalue weighted by Gasteiger charge is 2.42. The predicted octanol–water partition coefficient (Wildman–Crippen LogP) is 6.06. The van der Waals surface area contributed by atoms with Crippen molar-refractivity contribution in [2.45, 2.75) is 103 Å². The number of carbonyl (C=O) groups excluding carboxylic acids is 1. The van der Waals surface area contributed by atoms with Gasteiger partial charge in [0.25, 0.3) is 0 Å². The second kappa shape index (κ2) is 14.3. The number of allylic oxidation sites excluding steroid dienone is 1. The average Bonchev–Trinajstić information content (AvgIpc) is 3.06. The van der Waals surface area contributed by atoms with Crippen LogP contribution in [0.1, 0.15) is 97.3 Å². The number of carbonyl (C=O) groups is 1. The lowest BCUT2D eigenvalue weighted by molar-refractivity contribution is -0.135. The van der Waals surface area contributed by atoms with Crippen molar-refractivity contribution in [1.82, 2.24) is 0 Å². The van der Waals surface area contributed by atoms with Gasteiger partial charge in [0.15, 0.2) is 0 Å². The van der Waals surface area contributed by atoms with Gasteiger partial charge >= 0.3 is 13.8 Å². The van der Waals surface area contributed by atoms with Gasteiger partial charge in [-0.3, -0.25) is 9.05 Å². The Balaban J connectivity index is 1.45. The zero-order chi connectivity index (χ0) is 22.5. The highest BCUT2D eigenvalue weighted by atomic mass is 31.2. The summed E-state index contributed by atoms with van der Waals surface area (Å²) in [6.45, 7) is 4.41. The van der Waals surface area contributed by atoms with Crippen LogP contribution in [0.3, 0.4) is 0 Å². The molecule has 0 aliphatic carbocycles. The van der Waals surface area contributed by atoms with Gasteiger partial charge in [-0.1, -0.05) is 71.1 Å². The first-order chi connectivity index (χ1) is 14.9. The standard InChI is InChI=1S/C23H41O7P/c1-3-4-14-21(24)15-12-10-8-6-5-7-9-11-13-16-28-31(26)29-18-20-17-27-23(25)22(20)19(2)30-31/h20-21,24H,3-18H2,1-2H3/t20-,21-,31-/m1/s1. The van der Waals surface area contributed by atoms with E-state index in [0.717, 1.165) is 51.4 Å². The maximum atomic E-state index is 12.7. The minimum atomic E-state index is -3.67. The molecule has 2 rings (SSSR count). The fraction of sp³-hybridized carbons (Fsp3) is 0.870. The summed E-state index contributed by atoms with van der Waals surface area (Å²) < 4.78 is 33.9. The van der Waals surface area contributed by atoms with Gasteiger partial charge in [-0.2, -0.15) is 0 Å². The van der Waals surface area contributed by atoms with Gasteiger partial charge in [0.1, 0.15) is 12.4 Å². The number of rotatable bonds is 16. The lowest BCUT2D eigenvalue weighted by Gasteiger charge is -2.17. The zero-order valence-electron chi connectivity index (χ0n) is 19.3. The molecular formula is C23H41O7P. The number of hydrogen-bond acceptors (Lipinski definition) is 7. The molecule has 180 valence electrons. The lowest BCUT2D eigenvalue weighted by atomic mass is 10.0. The second-order valence-electron chi connectivity index (χ2n) is 8.70. The minimum absolute atomic E-state index is 0.105. The molecule has 0 amide bonds. The Morgan fingerprint density at radius 3 is 2.29 bits per heavy atom. The number of aliphatic hydroxyl groups excluding tert-OH is 1. The monoisotopic (exact) mass is 460 g/mol. The van der Waals surface area contributed by atoms with Crippen molar-refractivity contribution in [3.8, 4) is 0 Å². The molecule has 0 unspecified atom stereocenters. The van der Waals surface area contributed by atoms with E-state index in [1.54, 1.807) is 6.92 Å². The van der Waals surface area contributed by atoms with E-state index in [2.05, 4.69) is 6.92 Å². The number of ether oxygens (including phenoxy) is 1. The summed E-state index contributed by atoms with van der Waals surface area (Å²) in [5.41, 5.74) is 0.411. The molecule has 2 heterocycles. The van der Waals surface area contributed by atoms with Crippen LogP contribution in [0, 0.1) is 5.92 Å². The number of cyclic esters (lactones) is 1. The third kappa shape index (κ3) is 9.65. The summed E-state index contributed by atoms with van der Waals surface area (Å²) in [5.74, 6) is -0.383. The maximum absolute atomic E-state index is 12.7. The van der Waals surface area contributed by atoms with Crippen LogP contribution in [0.25, 0.3) is 0 Å². The van der Waals surface area contributed by atoms with Crippen molar-refractivity contribution in [3.63, 3.8) is 0 Å².